The van der Waals surface area contributed by atoms with Crippen LogP contribution in [0.1, 0.15) is 33.2 Å². The lowest BCUT2D eigenvalue weighted by Crippen LogP contribution is -2.30. The van der Waals surface area contributed by atoms with E-state index < -0.39 is 23.0 Å². The third kappa shape index (κ3) is 8.96. The number of carbonyl (C=O) groups is 4. The van der Waals surface area contributed by atoms with E-state index in [-0.39, 0.29) is 27.9 Å². The number of aromatic carboxylic acids is 1. The summed E-state index contributed by atoms with van der Waals surface area (Å²) in [5, 5.41) is 17.5. The van der Waals surface area contributed by atoms with Gasteiger partial charge in [-0.05, 0) is 85.3 Å². The Morgan fingerprint density at radius 3 is 2.14 bits per heavy atom. The fraction of sp³-hybridized carbons (Fsp3) is 0.0625. The van der Waals surface area contributed by atoms with Crippen molar-refractivity contribution in [2.24, 2.45) is 0 Å². The van der Waals surface area contributed by atoms with Gasteiger partial charge in [-0.15, -0.1) is 11.8 Å². The van der Waals surface area contributed by atoms with Gasteiger partial charge < -0.3 is 21.1 Å². The molecule has 0 saturated carbocycles. The van der Waals surface area contributed by atoms with Gasteiger partial charge in [0.1, 0.15) is 5.70 Å². The molecule has 11 heteroatoms. The zero-order valence-electron chi connectivity index (χ0n) is 22.6. The molecule has 4 aromatic carbocycles. The van der Waals surface area contributed by atoms with Gasteiger partial charge in [0.05, 0.1) is 21.5 Å². The number of hydrogen-bond acceptors (Lipinski definition) is 5. The number of nitrogens with one attached hydrogen (secondary N) is 3. The number of carbonyl (C=O) groups excluding carboxylic acids is 3. The van der Waals surface area contributed by atoms with Crippen molar-refractivity contribution in [2.45, 2.75) is 17.1 Å². The van der Waals surface area contributed by atoms with Crippen LogP contribution in [-0.2, 0) is 9.59 Å². The minimum absolute atomic E-state index is 0.00319. The van der Waals surface area contributed by atoms with Crippen LogP contribution >= 0.6 is 35.0 Å². The lowest BCUT2D eigenvalue weighted by atomic mass is 10.1. The topological polar surface area (TPSA) is 125 Å². The maximum absolute atomic E-state index is 13.2. The van der Waals surface area contributed by atoms with Crippen LogP contribution in [0.2, 0.25) is 10.0 Å². The molecule has 3 amide bonds. The molecular weight excluding hydrogens is 609 g/mol. The van der Waals surface area contributed by atoms with Gasteiger partial charge in [0.15, 0.2) is 0 Å². The second-order valence-corrected chi connectivity index (χ2v) is 11.4. The molecule has 1 atom stereocenters. The van der Waals surface area contributed by atoms with Crippen LogP contribution in [0, 0.1) is 0 Å². The van der Waals surface area contributed by atoms with Gasteiger partial charge in [-0.25, -0.2) is 4.79 Å². The molecule has 0 heterocycles. The van der Waals surface area contributed by atoms with Crippen molar-refractivity contribution >= 4 is 76.1 Å². The van der Waals surface area contributed by atoms with Crippen LogP contribution in [-0.4, -0.2) is 34.0 Å². The molecule has 43 heavy (non-hydrogen) atoms. The van der Waals surface area contributed by atoms with E-state index in [4.69, 9.17) is 23.2 Å². The Bertz CT molecular complexity index is 1680. The van der Waals surface area contributed by atoms with Crippen molar-refractivity contribution < 1.29 is 24.3 Å². The second-order valence-electron chi connectivity index (χ2n) is 9.16. The highest BCUT2D eigenvalue weighted by molar-refractivity contribution is 8.00. The first-order valence-electron chi connectivity index (χ1n) is 12.8. The minimum Gasteiger partial charge on any atom is -0.478 e. The number of benzene rings is 4. The number of anilines is 2. The van der Waals surface area contributed by atoms with Crippen LogP contribution in [0.5, 0.6) is 0 Å². The highest BCUT2D eigenvalue weighted by Crippen LogP contribution is 2.28. The Morgan fingerprint density at radius 1 is 0.814 bits per heavy atom. The molecule has 4 rings (SSSR count). The third-order valence-electron chi connectivity index (χ3n) is 5.98. The first-order valence-corrected chi connectivity index (χ1v) is 14.5. The molecule has 4 aromatic rings. The maximum atomic E-state index is 13.2. The van der Waals surface area contributed by atoms with E-state index in [1.807, 2.05) is 0 Å². The van der Waals surface area contributed by atoms with Gasteiger partial charge in [-0.3, -0.25) is 14.4 Å². The van der Waals surface area contributed by atoms with Gasteiger partial charge in [0.25, 0.3) is 11.8 Å². The van der Waals surface area contributed by atoms with E-state index in [1.54, 1.807) is 91.9 Å². The molecule has 0 aliphatic rings. The quantitative estimate of drug-likeness (QED) is 0.108. The predicted octanol–water partition coefficient (Wildman–Crippen LogP) is 7.22. The number of amides is 3. The summed E-state index contributed by atoms with van der Waals surface area (Å²) in [6.45, 7) is 1.70. The Hall–Kier alpha value is -4.57. The van der Waals surface area contributed by atoms with E-state index in [1.165, 1.54) is 30.0 Å². The standard InChI is InChI=1S/C32H25Cl2N3O5S/c1-19(29(38)36-27-18-22(32(41)42)9-16-26(27)34)43-25-14-12-24(13-15-25)35-31(40)28(17-20-7-10-23(33)11-8-20)37-30(39)21-5-3-2-4-6-21/h2-19H,1H3,(H,35,40)(H,36,38)(H,37,39)(H,41,42)/b28-17-. The molecule has 0 spiro atoms. The van der Waals surface area contributed by atoms with Gasteiger partial charge in [-0.1, -0.05) is 53.5 Å². The monoisotopic (exact) mass is 633 g/mol. The SMILES string of the molecule is CC(Sc1ccc(NC(=O)/C(=C/c2ccc(Cl)cc2)NC(=O)c2ccccc2)cc1)C(=O)Nc1cc(C(=O)O)ccc1Cl. The van der Waals surface area contributed by atoms with Crippen LogP contribution in [0.25, 0.3) is 6.08 Å². The van der Waals surface area contributed by atoms with E-state index in [9.17, 15) is 24.3 Å². The average molecular weight is 635 g/mol. The molecule has 0 radical (unpaired) electrons. The van der Waals surface area contributed by atoms with Crippen molar-refractivity contribution in [3.05, 3.63) is 129 Å². The summed E-state index contributed by atoms with van der Waals surface area (Å²) in [5.74, 6) is -2.47. The zero-order chi connectivity index (χ0) is 30.9. The van der Waals surface area contributed by atoms with E-state index in [0.717, 1.165) is 4.90 Å². The van der Waals surface area contributed by atoms with Gasteiger partial charge in [0.2, 0.25) is 5.91 Å². The second kappa shape index (κ2) is 14.6. The van der Waals surface area contributed by atoms with Crippen LogP contribution in [0.3, 0.4) is 0 Å². The number of carboxylic acids is 1. The highest BCUT2D eigenvalue weighted by atomic mass is 35.5. The molecule has 0 saturated heterocycles. The summed E-state index contributed by atoms with van der Waals surface area (Å²) < 4.78 is 0. The van der Waals surface area contributed by atoms with Gasteiger partial charge >= 0.3 is 5.97 Å². The van der Waals surface area contributed by atoms with Crippen molar-refractivity contribution in [1.29, 1.82) is 0 Å². The Balaban J connectivity index is 1.43. The van der Waals surface area contributed by atoms with Crippen molar-refractivity contribution in [3.8, 4) is 0 Å². The Labute approximate surface area is 262 Å². The molecule has 4 N–H and O–H groups in total. The van der Waals surface area contributed by atoms with Crippen molar-refractivity contribution in [2.75, 3.05) is 10.6 Å². The molecule has 0 fully saturated rings. The number of rotatable bonds is 10. The normalized spacial score (nSPS) is 11.7. The fourth-order valence-electron chi connectivity index (χ4n) is 3.73. The summed E-state index contributed by atoms with van der Waals surface area (Å²) in [6.07, 6.45) is 1.55. The average Bonchev–Trinajstić information content (AvgIpc) is 3.00. The molecule has 0 bridgehead atoms. The summed E-state index contributed by atoms with van der Waals surface area (Å²) in [5.41, 5.74) is 1.78. The zero-order valence-corrected chi connectivity index (χ0v) is 25.0. The summed E-state index contributed by atoms with van der Waals surface area (Å²) in [4.78, 5) is 50.8. The number of halogens is 2. The number of thioether (sulfide) groups is 1. The van der Waals surface area contributed by atoms with Crippen LogP contribution in [0.4, 0.5) is 11.4 Å². The fourth-order valence-corrected chi connectivity index (χ4v) is 4.89. The lowest BCUT2D eigenvalue weighted by Gasteiger charge is -2.14. The van der Waals surface area contributed by atoms with Crippen molar-refractivity contribution in [3.63, 3.8) is 0 Å². The first kappa shape index (κ1) is 31.4. The highest BCUT2D eigenvalue weighted by Gasteiger charge is 2.18. The maximum Gasteiger partial charge on any atom is 0.335 e. The number of carboxylic acid groups (broad SMARTS) is 1. The van der Waals surface area contributed by atoms with Crippen molar-refractivity contribution in [1.82, 2.24) is 5.32 Å². The number of hydrogen-bond donors (Lipinski definition) is 4. The molecule has 218 valence electrons. The third-order valence-corrected chi connectivity index (χ3v) is 7.67. The molecule has 1 unspecified atom stereocenters. The lowest BCUT2D eigenvalue weighted by molar-refractivity contribution is -0.115. The van der Waals surface area contributed by atoms with E-state index in [2.05, 4.69) is 16.0 Å². The van der Waals surface area contributed by atoms with E-state index >= 15 is 0 Å². The molecule has 0 aliphatic heterocycles. The summed E-state index contributed by atoms with van der Waals surface area (Å²) in [6, 6.07) is 26.3. The smallest absolute Gasteiger partial charge is 0.335 e. The minimum atomic E-state index is -1.13. The molecule has 0 aliphatic carbocycles. The largest absolute Gasteiger partial charge is 0.478 e. The summed E-state index contributed by atoms with van der Waals surface area (Å²) in [7, 11) is 0. The molecule has 0 aromatic heterocycles. The van der Waals surface area contributed by atoms with E-state index in [0.29, 0.717) is 21.8 Å². The van der Waals surface area contributed by atoms with Gasteiger partial charge in [-0.2, -0.15) is 0 Å². The Kier molecular flexibility index (Phi) is 10.6. The Morgan fingerprint density at radius 2 is 1.49 bits per heavy atom. The predicted molar refractivity (Wildman–Crippen MR) is 171 cm³/mol. The van der Waals surface area contributed by atoms with Crippen LogP contribution in [0.15, 0.2) is 108 Å². The van der Waals surface area contributed by atoms with Crippen LogP contribution < -0.4 is 16.0 Å². The molecular formula is C32H25Cl2N3O5S. The van der Waals surface area contributed by atoms with Gasteiger partial charge in [0, 0.05) is 21.2 Å². The summed E-state index contributed by atoms with van der Waals surface area (Å²) >= 11 is 13.4. The molecule has 8 nitrogen and oxygen atoms in total. The first-order chi connectivity index (χ1) is 20.6.